The Morgan fingerprint density at radius 2 is 1.71 bits per heavy atom. The SMILES string of the molecule is CCCCC1CCCCCC1NC.CCCO. The predicted molar refractivity (Wildman–Crippen MR) is 76.3 cm³/mol. The molecule has 1 aliphatic rings. The van der Waals surface area contributed by atoms with Crippen molar-refractivity contribution in [1.29, 1.82) is 0 Å². The lowest BCUT2D eigenvalue weighted by atomic mass is 9.90. The van der Waals surface area contributed by atoms with Crippen molar-refractivity contribution in [3.63, 3.8) is 0 Å². The highest BCUT2D eigenvalue weighted by Crippen LogP contribution is 2.27. The second kappa shape index (κ2) is 12.4. The van der Waals surface area contributed by atoms with E-state index in [2.05, 4.69) is 19.3 Å². The number of rotatable bonds is 5. The number of aliphatic hydroxyl groups is 1. The Kier molecular flexibility index (Phi) is 12.3. The third kappa shape index (κ3) is 8.62. The van der Waals surface area contributed by atoms with Gasteiger partial charge in [0.05, 0.1) is 0 Å². The van der Waals surface area contributed by atoms with E-state index < -0.39 is 0 Å². The van der Waals surface area contributed by atoms with Gasteiger partial charge < -0.3 is 10.4 Å². The van der Waals surface area contributed by atoms with Crippen LogP contribution >= 0.6 is 0 Å². The molecular formula is C15H33NO. The van der Waals surface area contributed by atoms with Crippen LogP contribution in [0.4, 0.5) is 0 Å². The molecule has 0 aliphatic heterocycles. The molecule has 0 saturated heterocycles. The molecule has 2 N–H and O–H groups in total. The van der Waals surface area contributed by atoms with Crippen molar-refractivity contribution in [3.05, 3.63) is 0 Å². The van der Waals surface area contributed by atoms with Gasteiger partial charge in [0.2, 0.25) is 0 Å². The van der Waals surface area contributed by atoms with E-state index in [-0.39, 0.29) is 0 Å². The van der Waals surface area contributed by atoms with Gasteiger partial charge in [-0.15, -0.1) is 0 Å². The molecule has 0 aromatic carbocycles. The first-order valence-corrected chi connectivity index (χ1v) is 7.58. The topological polar surface area (TPSA) is 32.3 Å². The van der Waals surface area contributed by atoms with Gasteiger partial charge in [-0.25, -0.2) is 0 Å². The third-order valence-corrected chi connectivity index (χ3v) is 3.68. The summed E-state index contributed by atoms with van der Waals surface area (Å²) in [6.45, 7) is 4.55. The summed E-state index contributed by atoms with van der Waals surface area (Å²) in [5.74, 6) is 0.965. The van der Waals surface area contributed by atoms with E-state index in [9.17, 15) is 0 Å². The highest BCUT2D eigenvalue weighted by molar-refractivity contribution is 4.78. The van der Waals surface area contributed by atoms with E-state index in [1.54, 1.807) is 0 Å². The summed E-state index contributed by atoms with van der Waals surface area (Å²) in [5.41, 5.74) is 0. The average molecular weight is 243 g/mol. The molecule has 2 nitrogen and oxygen atoms in total. The second-order valence-electron chi connectivity index (χ2n) is 5.16. The van der Waals surface area contributed by atoms with Crippen molar-refractivity contribution in [2.75, 3.05) is 13.7 Å². The molecule has 0 radical (unpaired) electrons. The van der Waals surface area contributed by atoms with Gasteiger partial charge in [0.25, 0.3) is 0 Å². The smallest absolute Gasteiger partial charge is 0.0428 e. The fourth-order valence-electron chi connectivity index (χ4n) is 2.58. The molecule has 0 bridgehead atoms. The van der Waals surface area contributed by atoms with E-state index in [4.69, 9.17) is 5.11 Å². The van der Waals surface area contributed by atoms with Gasteiger partial charge in [0, 0.05) is 12.6 Å². The monoisotopic (exact) mass is 243 g/mol. The predicted octanol–water partition coefficient (Wildman–Crippen LogP) is 3.73. The van der Waals surface area contributed by atoms with Gasteiger partial charge in [-0.3, -0.25) is 0 Å². The number of nitrogens with one attached hydrogen (secondary N) is 1. The first kappa shape index (κ1) is 16.9. The Balaban J connectivity index is 0.000000557. The van der Waals surface area contributed by atoms with Crippen LogP contribution in [0.15, 0.2) is 0 Å². The van der Waals surface area contributed by atoms with Crippen LogP contribution in [0.5, 0.6) is 0 Å². The molecule has 0 aromatic heterocycles. The van der Waals surface area contributed by atoms with Crippen LogP contribution in [0.1, 0.15) is 71.6 Å². The van der Waals surface area contributed by atoms with Gasteiger partial charge >= 0.3 is 0 Å². The van der Waals surface area contributed by atoms with E-state index in [1.807, 2.05) is 6.92 Å². The van der Waals surface area contributed by atoms with E-state index >= 15 is 0 Å². The second-order valence-corrected chi connectivity index (χ2v) is 5.16. The number of unbranched alkanes of at least 4 members (excludes halogenated alkanes) is 1. The number of hydrogen-bond acceptors (Lipinski definition) is 2. The lowest BCUT2D eigenvalue weighted by Crippen LogP contribution is -2.32. The Morgan fingerprint density at radius 3 is 2.24 bits per heavy atom. The largest absolute Gasteiger partial charge is 0.396 e. The maximum atomic E-state index is 7.88. The summed E-state index contributed by atoms with van der Waals surface area (Å²) < 4.78 is 0. The van der Waals surface area contributed by atoms with Crippen molar-refractivity contribution in [3.8, 4) is 0 Å². The lowest BCUT2D eigenvalue weighted by molar-refractivity contribution is 0.295. The zero-order valence-corrected chi connectivity index (χ0v) is 12.2. The molecule has 1 aliphatic carbocycles. The first-order valence-electron chi connectivity index (χ1n) is 7.58. The van der Waals surface area contributed by atoms with Crippen molar-refractivity contribution in [2.45, 2.75) is 77.7 Å². The van der Waals surface area contributed by atoms with Crippen molar-refractivity contribution in [1.82, 2.24) is 5.32 Å². The molecule has 2 unspecified atom stereocenters. The number of aliphatic hydroxyl groups excluding tert-OH is 1. The van der Waals surface area contributed by atoms with Crippen LogP contribution in [0.3, 0.4) is 0 Å². The van der Waals surface area contributed by atoms with Crippen LogP contribution < -0.4 is 5.32 Å². The summed E-state index contributed by atoms with van der Waals surface area (Å²) in [6.07, 6.45) is 12.3. The fraction of sp³-hybridized carbons (Fsp3) is 1.00. The van der Waals surface area contributed by atoms with E-state index in [0.29, 0.717) is 6.61 Å². The Labute approximate surface area is 108 Å². The Hall–Kier alpha value is -0.0800. The minimum absolute atomic E-state index is 0.319. The highest BCUT2D eigenvalue weighted by Gasteiger charge is 2.21. The highest BCUT2D eigenvalue weighted by atomic mass is 16.2. The van der Waals surface area contributed by atoms with Crippen molar-refractivity contribution < 1.29 is 5.11 Å². The molecule has 2 atom stereocenters. The first-order chi connectivity index (χ1) is 8.29. The van der Waals surface area contributed by atoms with Gasteiger partial charge in [-0.05, 0) is 38.6 Å². The molecular weight excluding hydrogens is 210 g/mol. The molecule has 1 saturated carbocycles. The quantitative estimate of drug-likeness (QED) is 0.721. The molecule has 1 fully saturated rings. The van der Waals surface area contributed by atoms with Crippen LogP contribution in [0, 0.1) is 5.92 Å². The summed E-state index contributed by atoms with van der Waals surface area (Å²) in [7, 11) is 2.13. The fourth-order valence-corrected chi connectivity index (χ4v) is 2.58. The van der Waals surface area contributed by atoms with Crippen LogP contribution in [0.2, 0.25) is 0 Å². The van der Waals surface area contributed by atoms with Crippen molar-refractivity contribution in [2.24, 2.45) is 5.92 Å². The molecule has 0 amide bonds. The maximum Gasteiger partial charge on any atom is 0.0428 e. The van der Waals surface area contributed by atoms with Crippen molar-refractivity contribution >= 4 is 0 Å². The van der Waals surface area contributed by atoms with E-state index in [0.717, 1.165) is 18.4 Å². The molecule has 2 heteroatoms. The Bertz CT molecular complexity index is 148. The van der Waals surface area contributed by atoms with Gasteiger partial charge in [-0.1, -0.05) is 46.0 Å². The summed E-state index contributed by atoms with van der Waals surface area (Å²) in [5, 5.41) is 11.4. The third-order valence-electron chi connectivity index (χ3n) is 3.68. The molecule has 104 valence electrons. The van der Waals surface area contributed by atoms with E-state index in [1.165, 1.54) is 51.4 Å². The normalized spacial score (nSPS) is 24.7. The summed E-state index contributed by atoms with van der Waals surface area (Å²) >= 11 is 0. The standard InChI is InChI=1S/C12H25N.C3H8O/c1-3-4-8-11-9-6-5-7-10-12(11)13-2;1-2-3-4/h11-13H,3-10H2,1-2H3;4H,2-3H2,1H3. The van der Waals surface area contributed by atoms with Crippen LogP contribution in [-0.2, 0) is 0 Å². The van der Waals surface area contributed by atoms with Crippen LogP contribution in [0.25, 0.3) is 0 Å². The molecule has 17 heavy (non-hydrogen) atoms. The number of hydrogen-bond donors (Lipinski definition) is 2. The van der Waals surface area contributed by atoms with Gasteiger partial charge in [0.15, 0.2) is 0 Å². The molecule has 0 aromatic rings. The zero-order chi connectivity index (χ0) is 12.9. The maximum absolute atomic E-state index is 7.88. The lowest BCUT2D eigenvalue weighted by Gasteiger charge is -2.24. The zero-order valence-electron chi connectivity index (χ0n) is 12.2. The molecule has 0 spiro atoms. The summed E-state index contributed by atoms with van der Waals surface area (Å²) in [4.78, 5) is 0. The van der Waals surface area contributed by atoms with Gasteiger partial charge in [0.1, 0.15) is 0 Å². The molecule has 1 rings (SSSR count). The summed E-state index contributed by atoms with van der Waals surface area (Å²) in [6, 6.07) is 0.814. The Morgan fingerprint density at radius 1 is 1.06 bits per heavy atom. The van der Waals surface area contributed by atoms with Gasteiger partial charge in [-0.2, -0.15) is 0 Å². The minimum atomic E-state index is 0.319. The minimum Gasteiger partial charge on any atom is -0.396 e. The average Bonchev–Trinajstić information content (AvgIpc) is 2.61. The molecule has 0 heterocycles. The van der Waals surface area contributed by atoms with Crippen LogP contribution in [-0.4, -0.2) is 24.8 Å².